The van der Waals surface area contributed by atoms with Gasteiger partial charge >= 0.3 is 0 Å². The van der Waals surface area contributed by atoms with Gasteiger partial charge in [-0.05, 0) is 37.1 Å². The van der Waals surface area contributed by atoms with E-state index < -0.39 is 0 Å². The quantitative estimate of drug-likeness (QED) is 0.792. The molecule has 1 unspecified atom stereocenters. The van der Waals surface area contributed by atoms with Crippen LogP contribution in [0.1, 0.15) is 53.4 Å². The standard InChI is InChI=1S/C15H30N2O/c1-12(2)11-17(10-6-9-16)14(18)13-7-5-8-15(13,3)4/h12-13H,5-11,16H2,1-4H3. The highest BCUT2D eigenvalue weighted by Gasteiger charge is 2.40. The minimum absolute atomic E-state index is 0.176. The molecule has 0 radical (unpaired) electrons. The van der Waals surface area contributed by atoms with Crippen molar-refractivity contribution in [2.24, 2.45) is 23.0 Å². The Morgan fingerprint density at radius 1 is 1.44 bits per heavy atom. The summed E-state index contributed by atoms with van der Waals surface area (Å²) >= 11 is 0. The first-order chi connectivity index (χ1) is 8.38. The molecule has 3 nitrogen and oxygen atoms in total. The zero-order valence-corrected chi connectivity index (χ0v) is 12.5. The van der Waals surface area contributed by atoms with Crippen molar-refractivity contribution in [2.75, 3.05) is 19.6 Å². The van der Waals surface area contributed by atoms with Crippen LogP contribution in [0.25, 0.3) is 0 Å². The summed E-state index contributed by atoms with van der Waals surface area (Å²) in [6.07, 6.45) is 4.33. The molecule has 0 spiro atoms. The average molecular weight is 254 g/mol. The smallest absolute Gasteiger partial charge is 0.226 e. The Labute approximate surface area is 112 Å². The maximum absolute atomic E-state index is 12.7. The molecule has 0 bridgehead atoms. The highest BCUT2D eigenvalue weighted by Crippen LogP contribution is 2.43. The van der Waals surface area contributed by atoms with Crippen molar-refractivity contribution < 1.29 is 4.79 Å². The number of amides is 1. The van der Waals surface area contributed by atoms with E-state index in [4.69, 9.17) is 5.73 Å². The van der Waals surface area contributed by atoms with Gasteiger partial charge in [0.25, 0.3) is 0 Å². The molecule has 0 aromatic rings. The van der Waals surface area contributed by atoms with Crippen molar-refractivity contribution in [1.29, 1.82) is 0 Å². The average Bonchev–Trinajstić information content (AvgIpc) is 2.62. The van der Waals surface area contributed by atoms with Crippen LogP contribution in [0.5, 0.6) is 0 Å². The summed E-state index contributed by atoms with van der Waals surface area (Å²) < 4.78 is 0. The molecule has 1 atom stereocenters. The number of hydrogen-bond acceptors (Lipinski definition) is 2. The molecule has 1 aliphatic rings. The second-order valence-corrected chi connectivity index (χ2v) is 6.75. The van der Waals surface area contributed by atoms with E-state index in [0.29, 0.717) is 18.4 Å². The molecule has 0 saturated heterocycles. The predicted molar refractivity (Wildman–Crippen MR) is 76.2 cm³/mol. The van der Waals surface area contributed by atoms with E-state index in [1.807, 2.05) is 0 Å². The van der Waals surface area contributed by atoms with Crippen molar-refractivity contribution in [3.63, 3.8) is 0 Å². The van der Waals surface area contributed by atoms with Crippen molar-refractivity contribution in [1.82, 2.24) is 4.90 Å². The highest BCUT2D eigenvalue weighted by molar-refractivity contribution is 5.80. The van der Waals surface area contributed by atoms with Gasteiger partial charge in [0.05, 0.1) is 0 Å². The minimum Gasteiger partial charge on any atom is -0.342 e. The summed E-state index contributed by atoms with van der Waals surface area (Å²) in [6, 6.07) is 0. The Bertz CT molecular complexity index is 274. The molecule has 1 aliphatic carbocycles. The fourth-order valence-electron chi connectivity index (χ4n) is 3.02. The lowest BCUT2D eigenvalue weighted by molar-refractivity contribution is -0.139. The largest absolute Gasteiger partial charge is 0.342 e. The van der Waals surface area contributed by atoms with Gasteiger partial charge in [0.2, 0.25) is 5.91 Å². The van der Waals surface area contributed by atoms with Gasteiger partial charge in [-0.1, -0.05) is 34.1 Å². The Balaban J connectivity index is 2.68. The molecule has 1 saturated carbocycles. The summed E-state index contributed by atoms with van der Waals surface area (Å²) in [7, 11) is 0. The van der Waals surface area contributed by atoms with E-state index in [-0.39, 0.29) is 11.3 Å². The molecule has 0 aromatic carbocycles. The van der Waals surface area contributed by atoms with E-state index in [9.17, 15) is 4.79 Å². The van der Waals surface area contributed by atoms with Crippen LogP contribution in [-0.2, 0) is 4.79 Å². The minimum atomic E-state index is 0.176. The zero-order valence-electron chi connectivity index (χ0n) is 12.5. The van der Waals surface area contributed by atoms with Crippen molar-refractivity contribution in [2.45, 2.75) is 53.4 Å². The van der Waals surface area contributed by atoms with E-state index in [1.165, 1.54) is 12.8 Å². The molecule has 0 aliphatic heterocycles. The number of carbonyl (C=O) groups is 1. The molecule has 1 amide bonds. The molecule has 0 heterocycles. The first kappa shape index (κ1) is 15.5. The van der Waals surface area contributed by atoms with E-state index in [2.05, 4.69) is 32.6 Å². The van der Waals surface area contributed by atoms with Crippen LogP contribution in [0.3, 0.4) is 0 Å². The lowest BCUT2D eigenvalue weighted by Gasteiger charge is -2.33. The number of rotatable bonds is 6. The fraction of sp³-hybridized carbons (Fsp3) is 0.933. The summed E-state index contributed by atoms with van der Waals surface area (Å²) in [4.78, 5) is 14.7. The third kappa shape index (κ3) is 3.98. The maximum Gasteiger partial charge on any atom is 0.226 e. The Morgan fingerprint density at radius 3 is 2.56 bits per heavy atom. The van der Waals surface area contributed by atoms with E-state index in [1.54, 1.807) is 0 Å². The highest BCUT2D eigenvalue weighted by atomic mass is 16.2. The summed E-state index contributed by atoms with van der Waals surface area (Å²) in [5.74, 6) is 1.10. The van der Waals surface area contributed by atoms with Gasteiger partial charge in [0.15, 0.2) is 0 Å². The van der Waals surface area contributed by atoms with Gasteiger partial charge in [-0.3, -0.25) is 4.79 Å². The molecular weight excluding hydrogens is 224 g/mol. The second kappa shape index (κ2) is 6.55. The van der Waals surface area contributed by atoms with Crippen molar-refractivity contribution in [3.8, 4) is 0 Å². The first-order valence-electron chi connectivity index (χ1n) is 7.37. The number of hydrogen-bond donors (Lipinski definition) is 1. The molecular formula is C15H30N2O. The fourth-order valence-corrected chi connectivity index (χ4v) is 3.02. The van der Waals surface area contributed by atoms with E-state index >= 15 is 0 Å². The molecule has 1 fully saturated rings. The van der Waals surface area contributed by atoms with Gasteiger partial charge in [0, 0.05) is 19.0 Å². The van der Waals surface area contributed by atoms with Crippen LogP contribution in [0.2, 0.25) is 0 Å². The van der Waals surface area contributed by atoms with Gasteiger partial charge in [-0.25, -0.2) is 0 Å². The molecule has 106 valence electrons. The first-order valence-corrected chi connectivity index (χ1v) is 7.37. The summed E-state index contributed by atoms with van der Waals surface area (Å²) in [6.45, 7) is 11.2. The second-order valence-electron chi connectivity index (χ2n) is 6.75. The van der Waals surface area contributed by atoms with Gasteiger partial charge in [-0.2, -0.15) is 0 Å². The van der Waals surface area contributed by atoms with Gasteiger partial charge < -0.3 is 10.6 Å². The normalized spacial score (nSPS) is 22.4. The van der Waals surface area contributed by atoms with Crippen molar-refractivity contribution >= 4 is 5.91 Å². The topological polar surface area (TPSA) is 46.3 Å². The van der Waals surface area contributed by atoms with Crippen LogP contribution in [0.15, 0.2) is 0 Å². The molecule has 3 heteroatoms. The molecule has 18 heavy (non-hydrogen) atoms. The van der Waals surface area contributed by atoms with Crippen LogP contribution in [-0.4, -0.2) is 30.4 Å². The number of nitrogens with zero attached hydrogens (tertiary/aromatic N) is 1. The lowest BCUT2D eigenvalue weighted by atomic mass is 9.81. The Kier molecular flexibility index (Phi) is 5.64. The predicted octanol–water partition coefficient (Wildman–Crippen LogP) is 2.65. The molecule has 0 aromatic heterocycles. The Hall–Kier alpha value is -0.570. The molecule has 2 N–H and O–H groups in total. The van der Waals surface area contributed by atoms with Crippen LogP contribution < -0.4 is 5.73 Å². The van der Waals surface area contributed by atoms with Gasteiger partial charge in [0.1, 0.15) is 0 Å². The molecule has 1 rings (SSSR count). The summed E-state index contributed by atoms with van der Waals surface area (Å²) in [5, 5.41) is 0. The number of carbonyl (C=O) groups excluding carboxylic acids is 1. The van der Waals surface area contributed by atoms with Crippen LogP contribution in [0.4, 0.5) is 0 Å². The monoisotopic (exact) mass is 254 g/mol. The Morgan fingerprint density at radius 2 is 2.11 bits per heavy atom. The maximum atomic E-state index is 12.7. The zero-order chi connectivity index (χ0) is 13.8. The lowest BCUT2D eigenvalue weighted by Crippen LogP contribution is -2.42. The van der Waals surface area contributed by atoms with Crippen LogP contribution in [0, 0.1) is 17.3 Å². The van der Waals surface area contributed by atoms with E-state index in [0.717, 1.165) is 25.9 Å². The SMILES string of the molecule is CC(C)CN(CCCN)C(=O)C1CCCC1(C)C. The van der Waals surface area contributed by atoms with Gasteiger partial charge in [-0.15, -0.1) is 0 Å². The van der Waals surface area contributed by atoms with Crippen LogP contribution >= 0.6 is 0 Å². The number of nitrogens with two attached hydrogens (primary N) is 1. The summed E-state index contributed by atoms with van der Waals surface area (Å²) in [5.41, 5.74) is 5.75. The third-order valence-corrected chi connectivity index (χ3v) is 4.08. The third-order valence-electron chi connectivity index (χ3n) is 4.08. The van der Waals surface area contributed by atoms with Crippen molar-refractivity contribution in [3.05, 3.63) is 0 Å².